The Hall–Kier alpha value is -2.30. The summed E-state index contributed by atoms with van der Waals surface area (Å²) in [5.41, 5.74) is 3.58. The minimum Gasteiger partial charge on any atom is -0.468 e. The van der Waals surface area contributed by atoms with Gasteiger partial charge in [-0.1, -0.05) is 25.1 Å². The van der Waals surface area contributed by atoms with Crippen LogP contribution < -0.4 is 0 Å². The number of aromatic amines is 1. The van der Waals surface area contributed by atoms with Crippen LogP contribution in [0, 0.1) is 11.8 Å². The third-order valence-corrected chi connectivity index (χ3v) is 5.33. The number of carbonyl (C=O) groups is 2. The second-order valence-electron chi connectivity index (χ2n) is 6.57. The normalized spacial score (nSPS) is 26.8. The molecule has 3 heterocycles. The highest BCUT2D eigenvalue weighted by Crippen LogP contribution is 2.43. The zero-order valence-electron chi connectivity index (χ0n) is 13.3. The van der Waals surface area contributed by atoms with Crippen molar-refractivity contribution >= 4 is 22.8 Å². The number of nitrogens with zero attached hydrogens (tertiary/aromatic N) is 1. The molecule has 1 N–H and O–H groups in total. The fourth-order valence-corrected chi connectivity index (χ4v) is 4.20. The molecule has 0 aliphatic carbocycles. The van der Waals surface area contributed by atoms with Crippen LogP contribution in [0.1, 0.15) is 30.6 Å². The standard InChI is InChI=1S/C18H20N2O3/c1-10-9-14-16-12(11-5-3-4-6-13(11)19-16)7-8-20(14)17(21)15(10)18(22)23-2/h3-6,10,14-15,19H,7-9H2,1-2H3/t10-,14-,15+/m1/s1. The molecule has 23 heavy (non-hydrogen) atoms. The Labute approximate surface area is 134 Å². The summed E-state index contributed by atoms with van der Waals surface area (Å²) in [4.78, 5) is 30.1. The van der Waals surface area contributed by atoms with Gasteiger partial charge in [-0.15, -0.1) is 0 Å². The summed E-state index contributed by atoms with van der Waals surface area (Å²) in [7, 11) is 1.35. The van der Waals surface area contributed by atoms with E-state index in [-0.39, 0.29) is 17.9 Å². The van der Waals surface area contributed by atoms with E-state index in [1.165, 1.54) is 18.1 Å². The molecule has 2 aromatic rings. The number of carbonyl (C=O) groups excluding carboxylic acids is 2. The lowest BCUT2D eigenvalue weighted by Gasteiger charge is -2.44. The zero-order valence-corrected chi connectivity index (χ0v) is 13.3. The molecule has 120 valence electrons. The molecule has 0 spiro atoms. The lowest BCUT2D eigenvalue weighted by Crippen LogP contribution is -2.52. The average Bonchev–Trinajstić information content (AvgIpc) is 2.93. The zero-order chi connectivity index (χ0) is 16.1. The molecule has 1 aromatic heterocycles. The number of esters is 1. The second kappa shape index (κ2) is 5.11. The number of piperidine rings is 1. The van der Waals surface area contributed by atoms with E-state index >= 15 is 0 Å². The molecule has 1 amide bonds. The van der Waals surface area contributed by atoms with Crippen molar-refractivity contribution in [3.63, 3.8) is 0 Å². The van der Waals surface area contributed by atoms with Gasteiger partial charge in [-0.3, -0.25) is 9.59 Å². The van der Waals surface area contributed by atoms with Gasteiger partial charge in [-0.25, -0.2) is 0 Å². The van der Waals surface area contributed by atoms with E-state index in [0.717, 1.165) is 24.1 Å². The number of methoxy groups -OCH3 is 1. The summed E-state index contributed by atoms with van der Waals surface area (Å²) in [6.07, 6.45) is 1.61. The quantitative estimate of drug-likeness (QED) is 0.650. The maximum absolute atomic E-state index is 12.8. The number of hydrogen-bond acceptors (Lipinski definition) is 3. The van der Waals surface area contributed by atoms with E-state index < -0.39 is 11.9 Å². The largest absolute Gasteiger partial charge is 0.468 e. The second-order valence-corrected chi connectivity index (χ2v) is 6.57. The molecule has 2 aliphatic heterocycles. The van der Waals surface area contributed by atoms with E-state index in [4.69, 9.17) is 4.74 Å². The number of ether oxygens (including phenoxy) is 1. The summed E-state index contributed by atoms with van der Waals surface area (Å²) in [5, 5.41) is 1.25. The maximum atomic E-state index is 12.8. The van der Waals surface area contributed by atoms with Crippen molar-refractivity contribution in [1.82, 2.24) is 9.88 Å². The van der Waals surface area contributed by atoms with Crippen LogP contribution in [0.3, 0.4) is 0 Å². The molecule has 5 heteroatoms. The van der Waals surface area contributed by atoms with Gasteiger partial charge >= 0.3 is 5.97 Å². The smallest absolute Gasteiger partial charge is 0.318 e. The summed E-state index contributed by atoms with van der Waals surface area (Å²) >= 11 is 0. The highest BCUT2D eigenvalue weighted by atomic mass is 16.5. The predicted octanol–water partition coefficient (Wildman–Crippen LogP) is 2.42. The van der Waals surface area contributed by atoms with Crippen molar-refractivity contribution in [2.75, 3.05) is 13.7 Å². The van der Waals surface area contributed by atoms with Crippen LogP contribution in [0.15, 0.2) is 24.3 Å². The molecule has 1 saturated heterocycles. The first-order chi connectivity index (χ1) is 11.1. The van der Waals surface area contributed by atoms with Crippen LogP contribution in [0.2, 0.25) is 0 Å². The minimum absolute atomic E-state index is 0.0198. The Kier molecular flexibility index (Phi) is 3.18. The molecule has 5 nitrogen and oxygen atoms in total. The fourth-order valence-electron chi connectivity index (χ4n) is 4.20. The minimum atomic E-state index is -0.665. The third-order valence-electron chi connectivity index (χ3n) is 5.33. The van der Waals surface area contributed by atoms with Gasteiger partial charge in [0.25, 0.3) is 0 Å². The van der Waals surface area contributed by atoms with Gasteiger partial charge in [0.05, 0.1) is 13.2 Å². The molecule has 0 unspecified atom stereocenters. The van der Waals surface area contributed by atoms with Crippen LogP contribution in [0.5, 0.6) is 0 Å². The number of amides is 1. The first-order valence-corrected chi connectivity index (χ1v) is 8.09. The number of rotatable bonds is 1. The highest BCUT2D eigenvalue weighted by Gasteiger charge is 2.47. The van der Waals surface area contributed by atoms with Gasteiger partial charge < -0.3 is 14.6 Å². The van der Waals surface area contributed by atoms with Crippen molar-refractivity contribution in [2.45, 2.75) is 25.8 Å². The van der Waals surface area contributed by atoms with Crippen molar-refractivity contribution in [2.24, 2.45) is 11.8 Å². The molecule has 1 fully saturated rings. The number of aromatic nitrogens is 1. The first-order valence-electron chi connectivity index (χ1n) is 8.09. The molecule has 0 radical (unpaired) electrons. The van der Waals surface area contributed by atoms with Crippen molar-refractivity contribution in [3.8, 4) is 0 Å². The van der Waals surface area contributed by atoms with Crippen LogP contribution in [-0.2, 0) is 20.7 Å². The number of benzene rings is 1. The van der Waals surface area contributed by atoms with E-state index in [9.17, 15) is 9.59 Å². The molecular weight excluding hydrogens is 292 g/mol. The fraction of sp³-hybridized carbons (Fsp3) is 0.444. The molecule has 2 aliphatic rings. The molecule has 1 aromatic carbocycles. The van der Waals surface area contributed by atoms with Crippen LogP contribution in [-0.4, -0.2) is 35.4 Å². The van der Waals surface area contributed by atoms with Gasteiger partial charge in [0.1, 0.15) is 5.92 Å². The highest BCUT2D eigenvalue weighted by molar-refractivity contribution is 5.99. The van der Waals surface area contributed by atoms with Gasteiger partial charge in [-0.2, -0.15) is 0 Å². The molecule has 4 rings (SSSR count). The number of H-pyrrole nitrogens is 1. The summed E-state index contributed by atoms with van der Waals surface area (Å²) in [6.45, 7) is 2.63. The van der Waals surface area contributed by atoms with E-state index in [2.05, 4.69) is 17.1 Å². The topological polar surface area (TPSA) is 62.4 Å². The molecule has 0 saturated carbocycles. The van der Waals surface area contributed by atoms with Crippen LogP contribution in [0.25, 0.3) is 10.9 Å². The molecule has 0 bridgehead atoms. The van der Waals surface area contributed by atoms with Gasteiger partial charge in [-0.05, 0) is 30.4 Å². The molecule has 3 atom stereocenters. The Morgan fingerprint density at radius 1 is 1.35 bits per heavy atom. The summed E-state index contributed by atoms with van der Waals surface area (Å²) in [5.74, 6) is -1.19. The van der Waals surface area contributed by atoms with E-state index in [1.54, 1.807) is 0 Å². The Bertz CT molecular complexity index is 795. The number of para-hydroxylation sites is 1. The SMILES string of the molecule is COC(=O)[C@@H]1C(=O)N2CCc3c([nH]c4ccccc34)[C@H]2C[C@H]1C. The van der Waals surface area contributed by atoms with Crippen LogP contribution >= 0.6 is 0 Å². The Balaban J connectivity index is 1.76. The Morgan fingerprint density at radius 3 is 2.91 bits per heavy atom. The average molecular weight is 312 g/mol. The third kappa shape index (κ3) is 1.99. The van der Waals surface area contributed by atoms with E-state index in [0.29, 0.717) is 6.54 Å². The van der Waals surface area contributed by atoms with E-state index in [1.807, 2.05) is 24.0 Å². The van der Waals surface area contributed by atoms with Crippen molar-refractivity contribution < 1.29 is 14.3 Å². The first kappa shape index (κ1) is 14.3. The lowest BCUT2D eigenvalue weighted by atomic mass is 9.79. The van der Waals surface area contributed by atoms with Crippen molar-refractivity contribution in [3.05, 3.63) is 35.5 Å². The lowest BCUT2D eigenvalue weighted by molar-refractivity contribution is -0.162. The molecular formula is C18H20N2O3. The van der Waals surface area contributed by atoms with Gasteiger partial charge in [0, 0.05) is 23.1 Å². The summed E-state index contributed by atoms with van der Waals surface area (Å²) in [6, 6.07) is 8.30. The van der Waals surface area contributed by atoms with Gasteiger partial charge in [0.15, 0.2) is 0 Å². The van der Waals surface area contributed by atoms with Crippen LogP contribution in [0.4, 0.5) is 0 Å². The monoisotopic (exact) mass is 312 g/mol. The number of hydrogen-bond donors (Lipinski definition) is 1. The predicted molar refractivity (Wildman–Crippen MR) is 85.7 cm³/mol. The maximum Gasteiger partial charge on any atom is 0.318 e. The Morgan fingerprint density at radius 2 is 2.13 bits per heavy atom. The number of nitrogens with one attached hydrogen (secondary N) is 1. The summed E-state index contributed by atoms with van der Waals surface area (Å²) < 4.78 is 4.83. The number of fused-ring (bicyclic) bond motifs is 5. The van der Waals surface area contributed by atoms with Crippen molar-refractivity contribution in [1.29, 1.82) is 0 Å². The van der Waals surface area contributed by atoms with Gasteiger partial charge in [0.2, 0.25) is 5.91 Å².